The number of rotatable bonds is 3. The Bertz CT molecular complexity index is 552. The van der Waals surface area contributed by atoms with Crippen LogP contribution in [0.15, 0.2) is 31.1 Å². The number of hydrogen-bond donors (Lipinski definition) is 2. The number of hydrogen-bond acceptors (Lipinski definition) is 2. The first-order chi connectivity index (χ1) is 8.08. The standard InChI is InChI=1S/C14H17N3/c1-9-5-6-10(2)13(7-9)17-12(4)14-11(3)15-8-16-14/h5-8,17H,4H2,1-3H3,(H,15,16). The average molecular weight is 227 g/mol. The van der Waals surface area contributed by atoms with E-state index in [1.807, 2.05) is 6.92 Å². The molecule has 0 aliphatic heterocycles. The number of nitrogens with one attached hydrogen (secondary N) is 2. The van der Waals surface area contributed by atoms with Gasteiger partial charge in [-0.3, -0.25) is 0 Å². The summed E-state index contributed by atoms with van der Waals surface area (Å²) in [6, 6.07) is 6.31. The molecule has 0 aliphatic carbocycles. The third-order valence-electron chi connectivity index (χ3n) is 2.79. The lowest BCUT2D eigenvalue weighted by Crippen LogP contribution is -2.01. The Hall–Kier alpha value is -2.03. The van der Waals surface area contributed by atoms with Crippen LogP contribution < -0.4 is 5.32 Å². The molecular weight excluding hydrogens is 210 g/mol. The Balaban J connectivity index is 2.24. The third kappa shape index (κ3) is 2.38. The van der Waals surface area contributed by atoms with Crippen LogP contribution in [0.5, 0.6) is 0 Å². The molecule has 3 nitrogen and oxygen atoms in total. The molecule has 0 aliphatic rings. The van der Waals surface area contributed by atoms with E-state index < -0.39 is 0 Å². The summed E-state index contributed by atoms with van der Waals surface area (Å²) in [5.41, 5.74) is 6.23. The van der Waals surface area contributed by atoms with Gasteiger partial charge in [-0.2, -0.15) is 0 Å². The zero-order valence-corrected chi connectivity index (χ0v) is 10.5. The van der Waals surface area contributed by atoms with E-state index in [0.717, 1.165) is 22.8 Å². The van der Waals surface area contributed by atoms with E-state index in [9.17, 15) is 0 Å². The predicted molar refractivity (Wildman–Crippen MR) is 71.9 cm³/mol. The highest BCUT2D eigenvalue weighted by Gasteiger charge is 2.07. The van der Waals surface area contributed by atoms with Crippen molar-refractivity contribution in [3.05, 3.63) is 53.6 Å². The molecule has 1 aromatic carbocycles. The molecule has 0 unspecified atom stereocenters. The lowest BCUT2D eigenvalue weighted by molar-refractivity contribution is 1.25. The Kier molecular flexibility index (Phi) is 3.00. The molecule has 1 aromatic heterocycles. The molecule has 0 fully saturated rings. The van der Waals surface area contributed by atoms with Crippen molar-refractivity contribution in [3.8, 4) is 0 Å². The Morgan fingerprint density at radius 3 is 2.71 bits per heavy atom. The minimum Gasteiger partial charge on any atom is -0.354 e. The van der Waals surface area contributed by atoms with E-state index in [4.69, 9.17) is 0 Å². The lowest BCUT2D eigenvalue weighted by Gasteiger charge is -2.12. The summed E-state index contributed by atoms with van der Waals surface area (Å²) in [6.45, 7) is 10.2. The molecule has 88 valence electrons. The van der Waals surface area contributed by atoms with Crippen LogP contribution in [0.2, 0.25) is 0 Å². The molecule has 0 bridgehead atoms. The van der Waals surface area contributed by atoms with Gasteiger partial charge < -0.3 is 10.3 Å². The summed E-state index contributed by atoms with van der Waals surface area (Å²) in [7, 11) is 0. The van der Waals surface area contributed by atoms with Crippen molar-refractivity contribution in [2.75, 3.05) is 5.32 Å². The molecule has 1 heterocycles. The van der Waals surface area contributed by atoms with Gasteiger partial charge in [-0.1, -0.05) is 18.7 Å². The number of aryl methyl sites for hydroxylation is 3. The van der Waals surface area contributed by atoms with Gasteiger partial charge in [-0.05, 0) is 38.0 Å². The van der Waals surface area contributed by atoms with Crippen molar-refractivity contribution >= 4 is 11.4 Å². The molecule has 17 heavy (non-hydrogen) atoms. The average Bonchev–Trinajstić information content (AvgIpc) is 2.70. The molecule has 0 atom stereocenters. The number of imidazole rings is 1. The number of anilines is 1. The first kappa shape index (κ1) is 11.5. The zero-order valence-electron chi connectivity index (χ0n) is 10.5. The van der Waals surface area contributed by atoms with Crippen molar-refractivity contribution in [3.63, 3.8) is 0 Å². The molecule has 2 rings (SSSR count). The largest absolute Gasteiger partial charge is 0.354 e. The second-order valence-electron chi connectivity index (χ2n) is 4.30. The van der Waals surface area contributed by atoms with Crippen LogP contribution in [0, 0.1) is 20.8 Å². The molecule has 0 saturated heterocycles. The predicted octanol–water partition coefficient (Wildman–Crippen LogP) is 3.42. The topological polar surface area (TPSA) is 40.7 Å². The van der Waals surface area contributed by atoms with E-state index in [1.54, 1.807) is 6.33 Å². The number of nitrogens with zero attached hydrogens (tertiary/aromatic N) is 1. The quantitative estimate of drug-likeness (QED) is 0.843. The fraction of sp³-hybridized carbons (Fsp3) is 0.214. The highest BCUT2D eigenvalue weighted by Crippen LogP contribution is 2.21. The van der Waals surface area contributed by atoms with Gasteiger partial charge in [0.1, 0.15) is 5.69 Å². The van der Waals surface area contributed by atoms with Crippen LogP contribution in [0.3, 0.4) is 0 Å². The molecule has 0 amide bonds. The number of aromatic amines is 1. The molecular formula is C14H17N3. The lowest BCUT2D eigenvalue weighted by atomic mass is 10.1. The van der Waals surface area contributed by atoms with Gasteiger partial charge >= 0.3 is 0 Å². The minimum absolute atomic E-state index is 0.817. The van der Waals surface area contributed by atoms with E-state index in [0.29, 0.717) is 0 Å². The van der Waals surface area contributed by atoms with Gasteiger partial charge in [0.25, 0.3) is 0 Å². The van der Waals surface area contributed by atoms with Gasteiger partial charge in [0.2, 0.25) is 0 Å². The van der Waals surface area contributed by atoms with Gasteiger partial charge in [-0.25, -0.2) is 4.98 Å². The molecule has 0 radical (unpaired) electrons. The van der Waals surface area contributed by atoms with Crippen molar-refractivity contribution in [1.29, 1.82) is 0 Å². The fourth-order valence-electron chi connectivity index (χ4n) is 1.76. The second-order valence-corrected chi connectivity index (χ2v) is 4.30. The van der Waals surface area contributed by atoms with Crippen LogP contribution in [-0.4, -0.2) is 9.97 Å². The molecule has 0 saturated carbocycles. The van der Waals surface area contributed by atoms with Crippen molar-refractivity contribution < 1.29 is 0 Å². The summed E-state index contributed by atoms with van der Waals surface area (Å²) in [5.74, 6) is 0. The summed E-state index contributed by atoms with van der Waals surface area (Å²) >= 11 is 0. The maximum absolute atomic E-state index is 4.25. The van der Waals surface area contributed by atoms with E-state index >= 15 is 0 Å². The summed E-state index contributed by atoms with van der Waals surface area (Å²) in [6.07, 6.45) is 1.68. The van der Waals surface area contributed by atoms with Crippen LogP contribution in [0.25, 0.3) is 5.70 Å². The van der Waals surface area contributed by atoms with E-state index in [2.05, 4.69) is 53.9 Å². The number of benzene rings is 1. The highest BCUT2D eigenvalue weighted by molar-refractivity contribution is 5.75. The maximum atomic E-state index is 4.25. The normalized spacial score (nSPS) is 10.3. The Labute approximate surface area is 102 Å². The first-order valence-corrected chi connectivity index (χ1v) is 5.61. The van der Waals surface area contributed by atoms with E-state index in [1.165, 1.54) is 11.1 Å². The van der Waals surface area contributed by atoms with Gasteiger partial charge in [0, 0.05) is 11.4 Å². The summed E-state index contributed by atoms with van der Waals surface area (Å²) in [5, 5.41) is 3.32. The smallest absolute Gasteiger partial charge is 0.107 e. The first-order valence-electron chi connectivity index (χ1n) is 5.61. The Morgan fingerprint density at radius 1 is 1.29 bits per heavy atom. The second kappa shape index (κ2) is 4.45. The van der Waals surface area contributed by atoms with Crippen LogP contribution in [0.1, 0.15) is 22.5 Å². The fourth-order valence-corrected chi connectivity index (χ4v) is 1.76. The zero-order chi connectivity index (χ0) is 12.4. The van der Waals surface area contributed by atoms with Gasteiger partial charge in [0.15, 0.2) is 0 Å². The molecule has 2 aromatic rings. The molecule has 3 heteroatoms. The van der Waals surface area contributed by atoms with Crippen molar-refractivity contribution in [1.82, 2.24) is 9.97 Å². The summed E-state index contributed by atoms with van der Waals surface area (Å²) < 4.78 is 0. The maximum Gasteiger partial charge on any atom is 0.107 e. The highest BCUT2D eigenvalue weighted by atomic mass is 15.0. The molecule has 0 spiro atoms. The summed E-state index contributed by atoms with van der Waals surface area (Å²) in [4.78, 5) is 7.30. The van der Waals surface area contributed by atoms with Gasteiger partial charge in [0.05, 0.1) is 12.0 Å². The van der Waals surface area contributed by atoms with Crippen LogP contribution >= 0.6 is 0 Å². The third-order valence-corrected chi connectivity index (χ3v) is 2.79. The van der Waals surface area contributed by atoms with Crippen molar-refractivity contribution in [2.45, 2.75) is 20.8 Å². The van der Waals surface area contributed by atoms with Crippen LogP contribution in [-0.2, 0) is 0 Å². The minimum atomic E-state index is 0.817. The van der Waals surface area contributed by atoms with E-state index in [-0.39, 0.29) is 0 Å². The van der Waals surface area contributed by atoms with Gasteiger partial charge in [-0.15, -0.1) is 0 Å². The number of aromatic nitrogens is 2. The van der Waals surface area contributed by atoms with Crippen LogP contribution in [0.4, 0.5) is 5.69 Å². The Morgan fingerprint density at radius 2 is 2.06 bits per heavy atom. The SMILES string of the molecule is C=C(Nc1cc(C)ccc1C)c1nc[nH]c1C. The number of H-pyrrole nitrogens is 1. The monoisotopic (exact) mass is 227 g/mol. The molecule has 2 N–H and O–H groups in total. The van der Waals surface area contributed by atoms with Crippen molar-refractivity contribution in [2.24, 2.45) is 0 Å².